The van der Waals surface area contributed by atoms with Crippen molar-refractivity contribution in [3.05, 3.63) is 22.4 Å². The van der Waals surface area contributed by atoms with E-state index in [0.29, 0.717) is 0 Å². The zero-order valence-electron chi connectivity index (χ0n) is 13.5. The Morgan fingerprint density at radius 3 is 2.48 bits per heavy atom. The van der Waals surface area contributed by atoms with Gasteiger partial charge in [0.15, 0.2) is 0 Å². The highest BCUT2D eigenvalue weighted by atomic mass is 32.1. The molecule has 1 aromatic rings. The fourth-order valence-electron chi connectivity index (χ4n) is 3.65. The van der Waals surface area contributed by atoms with E-state index < -0.39 is 0 Å². The molecule has 0 aromatic carbocycles. The minimum atomic E-state index is 0.210. The summed E-state index contributed by atoms with van der Waals surface area (Å²) >= 11 is 1.85. The molecule has 21 heavy (non-hydrogen) atoms. The Morgan fingerprint density at radius 2 is 1.95 bits per heavy atom. The third-order valence-electron chi connectivity index (χ3n) is 4.85. The smallest absolute Gasteiger partial charge is 0.223 e. The van der Waals surface area contributed by atoms with E-state index >= 15 is 0 Å². The van der Waals surface area contributed by atoms with Crippen LogP contribution in [0, 0.1) is 5.92 Å². The molecule has 118 valence electrons. The van der Waals surface area contributed by atoms with Gasteiger partial charge in [-0.2, -0.15) is 0 Å². The van der Waals surface area contributed by atoms with E-state index in [4.69, 9.17) is 0 Å². The van der Waals surface area contributed by atoms with Crippen LogP contribution in [0.25, 0.3) is 0 Å². The minimum absolute atomic E-state index is 0.210. The van der Waals surface area contributed by atoms with Gasteiger partial charge in [0.05, 0.1) is 0 Å². The van der Waals surface area contributed by atoms with Crippen molar-refractivity contribution in [3.8, 4) is 0 Å². The lowest BCUT2D eigenvalue weighted by atomic mass is 9.84. The first-order chi connectivity index (χ1) is 10.2. The van der Waals surface area contributed by atoms with Gasteiger partial charge in [0.1, 0.15) is 0 Å². The SMILES string of the molecule is CCCC(CCC)C(=O)NCC1(c2cccs2)CCCC1. The van der Waals surface area contributed by atoms with Crippen molar-refractivity contribution < 1.29 is 4.79 Å². The zero-order valence-corrected chi connectivity index (χ0v) is 14.3. The lowest BCUT2D eigenvalue weighted by molar-refractivity contribution is -0.125. The normalized spacial score (nSPS) is 17.3. The number of carbonyl (C=O) groups excluding carboxylic acids is 1. The molecular weight excluding hydrogens is 278 g/mol. The summed E-state index contributed by atoms with van der Waals surface area (Å²) in [5, 5.41) is 5.45. The Hall–Kier alpha value is -0.830. The van der Waals surface area contributed by atoms with Crippen molar-refractivity contribution in [2.24, 2.45) is 5.92 Å². The van der Waals surface area contributed by atoms with E-state index in [1.807, 2.05) is 11.3 Å². The third-order valence-corrected chi connectivity index (χ3v) is 5.97. The van der Waals surface area contributed by atoms with Crippen LogP contribution in [0.2, 0.25) is 0 Å². The highest BCUT2D eigenvalue weighted by molar-refractivity contribution is 7.10. The molecule has 1 N–H and O–H groups in total. The summed E-state index contributed by atoms with van der Waals surface area (Å²) in [7, 11) is 0. The molecule has 1 aliphatic rings. The summed E-state index contributed by atoms with van der Waals surface area (Å²) < 4.78 is 0. The monoisotopic (exact) mass is 307 g/mol. The van der Waals surface area contributed by atoms with Crippen molar-refractivity contribution in [1.82, 2.24) is 5.32 Å². The molecular formula is C18H29NOS. The first kappa shape index (κ1) is 16.5. The molecule has 0 aliphatic heterocycles. The van der Waals surface area contributed by atoms with Gasteiger partial charge in [0.2, 0.25) is 5.91 Å². The fraction of sp³-hybridized carbons (Fsp3) is 0.722. The number of amides is 1. The molecule has 1 heterocycles. The van der Waals surface area contributed by atoms with Crippen LogP contribution in [0.3, 0.4) is 0 Å². The van der Waals surface area contributed by atoms with Crippen molar-refractivity contribution in [3.63, 3.8) is 0 Å². The number of thiophene rings is 1. The van der Waals surface area contributed by atoms with Gasteiger partial charge < -0.3 is 5.32 Å². The van der Waals surface area contributed by atoms with Gasteiger partial charge in [-0.15, -0.1) is 11.3 Å². The van der Waals surface area contributed by atoms with Crippen LogP contribution in [0.4, 0.5) is 0 Å². The zero-order chi connectivity index (χ0) is 15.1. The summed E-state index contributed by atoms with van der Waals surface area (Å²) in [5.41, 5.74) is 0.215. The summed E-state index contributed by atoms with van der Waals surface area (Å²) in [5.74, 6) is 0.489. The van der Waals surface area contributed by atoms with Gasteiger partial charge in [-0.1, -0.05) is 45.6 Å². The summed E-state index contributed by atoms with van der Waals surface area (Å²) in [6.07, 6.45) is 9.25. The third kappa shape index (κ3) is 4.09. The van der Waals surface area contributed by atoms with Crippen LogP contribution in [-0.2, 0) is 10.2 Å². The second-order valence-electron chi connectivity index (χ2n) is 6.46. The molecule has 0 atom stereocenters. The Bertz CT molecular complexity index is 414. The standard InChI is InChI=1S/C18H29NOS/c1-3-8-15(9-4-2)17(20)19-14-18(11-5-6-12-18)16-10-7-13-21-16/h7,10,13,15H,3-6,8-9,11-12,14H2,1-2H3,(H,19,20). The molecule has 1 aliphatic carbocycles. The fourth-order valence-corrected chi connectivity index (χ4v) is 4.63. The van der Waals surface area contributed by atoms with Crippen molar-refractivity contribution in [2.45, 2.75) is 70.6 Å². The second-order valence-corrected chi connectivity index (χ2v) is 7.40. The van der Waals surface area contributed by atoms with Crippen molar-refractivity contribution >= 4 is 17.2 Å². The molecule has 0 radical (unpaired) electrons. The summed E-state index contributed by atoms with van der Waals surface area (Å²) in [6, 6.07) is 4.39. The second kappa shape index (κ2) is 7.98. The molecule has 1 amide bonds. The maximum atomic E-state index is 12.5. The first-order valence-electron chi connectivity index (χ1n) is 8.53. The van der Waals surface area contributed by atoms with Crippen LogP contribution >= 0.6 is 11.3 Å². The van der Waals surface area contributed by atoms with Crippen LogP contribution in [0.1, 0.15) is 70.1 Å². The van der Waals surface area contributed by atoms with E-state index in [1.165, 1.54) is 30.6 Å². The molecule has 0 saturated heterocycles. The van der Waals surface area contributed by atoms with Crippen LogP contribution in [0.5, 0.6) is 0 Å². The number of hydrogen-bond donors (Lipinski definition) is 1. The first-order valence-corrected chi connectivity index (χ1v) is 9.41. The number of rotatable bonds is 8. The van der Waals surface area contributed by atoms with Crippen molar-refractivity contribution in [2.75, 3.05) is 6.54 Å². The highest BCUT2D eigenvalue weighted by Gasteiger charge is 2.37. The molecule has 1 aromatic heterocycles. The van der Waals surface area contributed by atoms with Crippen LogP contribution < -0.4 is 5.32 Å². The maximum Gasteiger partial charge on any atom is 0.223 e. The lowest BCUT2D eigenvalue weighted by Gasteiger charge is -2.29. The summed E-state index contributed by atoms with van der Waals surface area (Å²) in [4.78, 5) is 13.9. The van der Waals surface area contributed by atoms with Gasteiger partial charge in [-0.05, 0) is 37.1 Å². The van der Waals surface area contributed by atoms with Crippen LogP contribution in [-0.4, -0.2) is 12.5 Å². The minimum Gasteiger partial charge on any atom is -0.355 e. The molecule has 3 heteroatoms. The van der Waals surface area contributed by atoms with Crippen LogP contribution in [0.15, 0.2) is 17.5 Å². The van der Waals surface area contributed by atoms with Gasteiger partial charge in [-0.3, -0.25) is 4.79 Å². The van der Waals surface area contributed by atoms with Gasteiger partial charge in [0.25, 0.3) is 0 Å². The molecule has 0 bridgehead atoms. The Kier molecular flexibility index (Phi) is 6.28. The Morgan fingerprint density at radius 1 is 1.29 bits per heavy atom. The van der Waals surface area contributed by atoms with E-state index in [2.05, 4.69) is 36.7 Å². The Balaban J connectivity index is 1.97. The number of nitrogens with one attached hydrogen (secondary N) is 1. The molecule has 1 fully saturated rings. The average Bonchev–Trinajstić information content (AvgIpc) is 3.16. The molecule has 0 spiro atoms. The molecule has 2 rings (SSSR count). The molecule has 0 unspecified atom stereocenters. The lowest BCUT2D eigenvalue weighted by Crippen LogP contribution is -2.41. The summed E-state index contributed by atoms with van der Waals surface area (Å²) in [6.45, 7) is 5.16. The highest BCUT2D eigenvalue weighted by Crippen LogP contribution is 2.42. The largest absolute Gasteiger partial charge is 0.355 e. The number of carbonyl (C=O) groups is 1. The maximum absolute atomic E-state index is 12.5. The molecule has 2 nitrogen and oxygen atoms in total. The molecule has 1 saturated carbocycles. The number of hydrogen-bond acceptors (Lipinski definition) is 2. The predicted octanol–water partition coefficient (Wildman–Crippen LogP) is 4.89. The topological polar surface area (TPSA) is 29.1 Å². The van der Waals surface area contributed by atoms with E-state index in [-0.39, 0.29) is 17.2 Å². The average molecular weight is 308 g/mol. The van der Waals surface area contributed by atoms with Gasteiger partial charge in [0, 0.05) is 22.8 Å². The quantitative estimate of drug-likeness (QED) is 0.727. The van der Waals surface area contributed by atoms with E-state index in [1.54, 1.807) is 0 Å². The Labute approximate surface area is 133 Å². The van der Waals surface area contributed by atoms with Crippen molar-refractivity contribution in [1.29, 1.82) is 0 Å². The van der Waals surface area contributed by atoms with Gasteiger partial charge >= 0.3 is 0 Å². The van der Waals surface area contributed by atoms with E-state index in [0.717, 1.165) is 32.2 Å². The van der Waals surface area contributed by atoms with E-state index in [9.17, 15) is 4.79 Å². The van der Waals surface area contributed by atoms with Gasteiger partial charge in [-0.25, -0.2) is 0 Å². The predicted molar refractivity (Wildman–Crippen MR) is 90.8 cm³/mol.